The Hall–Kier alpha value is -1.47. The summed E-state index contributed by atoms with van der Waals surface area (Å²) < 4.78 is 6.50. The molecule has 0 saturated heterocycles. The quantitative estimate of drug-likeness (QED) is 0.631. The molecule has 1 atom stereocenters. The fourth-order valence-electron chi connectivity index (χ4n) is 1.07. The van der Waals surface area contributed by atoms with E-state index in [9.17, 15) is 4.79 Å². The van der Waals surface area contributed by atoms with Gasteiger partial charge in [0.15, 0.2) is 0 Å². The fraction of sp³-hybridized carbons (Fsp3) is 0.625. The first-order valence-electron chi connectivity index (χ1n) is 4.43. The van der Waals surface area contributed by atoms with Gasteiger partial charge >= 0.3 is 5.97 Å². The van der Waals surface area contributed by atoms with Crippen LogP contribution in [0.4, 0.5) is 0 Å². The lowest BCUT2D eigenvalue weighted by atomic mass is 10.3. The Morgan fingerprint density at radius 2 is 2.53 bits per heavy atom. The molecule has 1 aromatic rings. The summed E-state index contributed by atoms with van der Waals surface area (Å²) in [5, 5.41) is 19.1. The molecule has 0 fully saturated rings. The van der Waals surface area contributed by atoms with Crippen LogP contribution in [0.3, 0.4) is 0 Å². The number of carboxylic acid groups (broad SMARTS) is 1. The van der Waals surface area contributed by atoms with E-state index in [1.165, 1.54) is 7.11 Å². The molecule has 7 heteroatoms. The third kappa shape index (κ3) is 3.30. The van der Waals surface area contributed by atoms with E-state index in [0.717, 1.165) is 0 Å². The van der Waals surface area contributed by atoms with Gasteiger partial charge in [-0.05, 0) is 0 Å². The minimum Gasteiger partial charge on any atom is -0.480 e. The van der Waals surface area contributed by atoms with Crippen molar-refractivity contribution in [2.45, 2.75) is 12.6 Å². The number of carboxylic acids is 1. The Balaban J connectivity index is 2.47. The largest absolute Gasteiger partial charge is 0.480 e. The lowest BCUT2D eigenvalue weighted by Crippen LogP contribution is -2.40. The van der Waals surface area contributed by atoms with E-state index in [2.05, 4.69) is 15.5 Å². The van der Waals surface area contributed by atoms with Crippen LogP contribution in [-0.4, -0.2) is 45.6 Å². The molecule has 0 spiro atoms. The molecule has 0 aliphatic rings. The molecule has 0 radical (unpaired) electrons. The van der Waals surface area contributed by atoms with Crippen molar-refractivity contribution >= 4 is 5.97 Å². The van der Waals surface area contributed by atoms with Gasteiger partial charge in [-0.15, -0.1) is 10.2 Å². The Bertz CT molecular complexity index is 325. The maximum absolute atomic E-state index is 10.7. The molecule has 1 rings (SSSR count). The third-order valence-corrected chi connectivity index (χ3v) is 1.94. The number of rotatable bonds is 6. The molecule has 7 nitrogen and oxygen atoms in total. The molecular weight excluding hydrogens is 200 g/mol. The van der Waals surface area contributed by atoms with Crippen LogP contribution in [0.25, 0.3) is 0 Å². The second kappa shape index (κ2) is 5.42. The highest BCUT2D eigenvalue weighted by molar-refractivity contribution is 5.73. The van der Waals surface area contributed by atoms with E-state index >= 15 is 0 Å². The zero-order valence-electron chi connectivity index (χ0n) is 8.67. The number of hydrogen-bond donors (Lipinski definition) is 2. The SMILES string of the molecule is COCC(NCc1nncn1C)C(=O)O. The monoisotopic (exact) mass is 214 g/mol. The van der Waals surface area contributed by atoms with Gasteiger partial charge in [-0.1, -0.05) is 0 Å². The number of nitrogens with zero attached hydrogens (tertiary/aromatic N) is 3. The number of ether oxygens (including phenoxy) is 1. The predicted molar refractivity (Wildman–Crippen MR) is 51.1 cm³/mol. The summed E-state index contributed by atoms with van der Waals surface area (Å²) in [6, 6.07) is -0.730. The van der Waals surface area contributed by atoms with Gasteiger partial charge in [0, 0.05) is 14.2 Å². The molecule has 1 heterocycles. The summed E-state index contributed by atoms with van der Waals surface area (Å²) in [4.78, 5) is 10.7. The van der Waals surface area contributed by atoms with Crippen molar-refractivity contribution in [3.05, 3.63) is 12.2 Å². The summed E-state index contributed by atoms with van der Waals surface area (Å²) in [7, 11) is 3.25. The third-order valence-electron chi connectivity index (χ3n) is 1.94. The highest BCUT2D eigenvalue weighted by Crippen LogP contribution is 1.93. The minimum atomic E-state index is -0.945. The summed E-state index contributed by atoms with van der Waals surface area (Å²) >= 11 is 0. The van der Waals surface area contributed by atoms with Crippen LogP contribution < -0.4 is 5.32 Å². The lowest BCUT2D eigenvalue weighted by Gasteiger charge is -2.12. The molecule has 84 valence electrons. The average Bonchev–Trinajstić information content (AvgIpc) is 2.58. The van der Waals surface area contributed by atoms with Crippen molar-refractivity contribution in [2.75, 3.05) is 13.7 Å². The molecule has 0 amide bonds. The first-order valence-corrected chi connectivity index (χ1v) is 4.43. The maximum atomic E-state index is 10.7. The first-order chi connectivity index (χ1) is 7.15. The fourth-order valence-corrected chi connectivity index (χ4v) is 1.07. The topological polar surface area (TPSA) is 89.3 Å². The van der Waals surface area contributed by atoms with Crippen molar-refractivity contribution in [1.82, 2.24) is 20.1 Å². The van der Waals surface area contributed by atoms with Crippen LogP contribution in [-0.2, 0) is 23.1 Å². The summed E-state index contributed by atoms with van der Waals surface area (Å²) in [5.41, 5.74) is 0. The van der Waals surface area contributed by atoms with Crippen molar-refractivity contribution in [3.63, 3.8) is 0 Å². The van der Waals surface area contributed by atoms with Crippen molar-refractivity contribution in [3.8, 4) is 0 Å². The summed E-state index contributed by atoms with van der Waals surface area (Å²) in [5.74, 6) is -0.267. The summed E-state index contributed by atoms with van der Waals surface area (Å²) in [6.45, 7) is 0.462. The Morgan fingerprint density at radius 1 is 1.80 bits per heavy atom. The van der Waals surface area contributed by atoms with E-state index in [1.54, 1.807) is 17.9 Å². The van der Waals surface area contributed by atoms with Crippen LogP contribution in [0.5, 0.6) is 0 Å². The standard InChI is InChI=1S/C8H14N4O3/c1-12-5-10-11-7(12)3-9-6(4-15-2)8(13)14/h5-6,9H,3-4H2,1-2H3,(H,13,14). The van der Waals surface area contributed by atoms with E-state index in [1.807, 2.05) is 0 Å². The number of aromatic nitrogens is 3. The zero-order valence-corrected chi connectivity index (χ0v) is 8.67. The second-order valence-electron chi connectivity index (χ2n) is 3.09. The summed E-state index contributed by atoms with van der Waals surface area (Å²) in [6.07, 6.45) is 1.56. The molecule has 0 saturated carbocycles. The Labute approximate surface area is 87.1 Å². The number of aryl methyl sites for hydroxylation is 1. The van der Waals surface area contributed by atoms with Crippen LogP contribution in [0, 0.1) is 0 Å². The van der Waals surface area contributed by atoms with Gasteiger partial charge in [-0.3, -0.25) is 10.1 Å². The Morgan fingerprint density at radius 3 is 3.00 bits per heavy atom. The van der Waals surface area contributed by atoms with E-state index < -0.39 is 12.0 Å². The van der Waals surface area contributed by atoms with Gasteiger partial charge in [0.25, 0.3) is 0 Å². The molecule has 0 aliphatic carbocycles. The van der Waals surface area contributed by atoms with Crippen molar-refractivity contribution < 1.29 is 14.6 Å². The van der Waals surface area contributed by atoms with Crippen LogP contribution in [0.2, 0.25) is 0 Å². The second-order valence-corrected chi connectivity index (χ2v) is 3.09. The number of aliphatic carboxylic acids is 1. The number of nitrogens with one attached hydrogen (secondary N) is 1. The average molecular weight is 214 g/mol. The molecule has 15 heavy (non-hydrogen) atoms. The van der Waals surface area contributed by atoms with Crippen molar-refractivity contribution in [2.24, 2.45) is 7.05 Å². The molecule has 0 bridgehead atoms. The van der Waals surface area contributed by atoms with Crippen LogP contribution in [0.15, 0.2) is 6.33 Å². The van der Waals surface area contributed by atoms with Crippen LogP contribution >= 0.6 is 0 Å². The minimum absolute atomic E-state index is 0.118. The van der Waals surface area contributed by atoms with Crippen molar-refractivity contribution in [1.29, 1.82) is 0 Å². The van der Waals surface area contributed by atoms with Gasteiger partial charge in [-0.25, -0.2) is 0 Å². The molecule has 1 unspecified atom stereocenters. The molecule has 0 aliphatic heterocycles. The molecule has 1 aromatic heterocycles. The van der Waals surface area contributed by atoms with E-state index in [-0.39, 0.29) is 6.61 Å². The number of carbonyl (C=O) groups is 1. The van der Waals surface area contributed by atoms with Gasteiger partial charge in [0.2, 0.25) is 0 Å². The number of methoxy groups -OCH3 is 1. The predicted octanol–water partition coefficient (Wildman–Crippen LogP) is -0.996. The molecular formula is C8H14N4O3. The highest BCUT2D eigenvalue weighted by atomic mass is 16.5. The Kier molecular flexibility index (Phi) is 4.19. The van der Waals surface area contributed by atoms with E-state index in [0.29, 0.717) is 12.4 Å². The van der Waals surface area contributed by atoms with Gasteiger partial charge < -0.3 is 14.4 Å². The first kappa shape index (κ1) is 11.6. The van der Waals surface area contributed by atoms with Gasteiger partial charge in [-0.2, -0.15) is 0 Å². The molecule has 2 N–H and O–H groups in total. The normalized spacial score (nSPS) is 12.7. The van der Waals surface area contributed by atoms with Gasteiger partial charge in [0.05, 0.1) is 13.2 Å². The molecule has 0 aromatic carbocycles. The lowest BCUT2D eigenvalue weighted by molar-refractivity contribution is -0.140. The van der Waals surface area contributed by atoms with E-state index in [4.69, 9.17) is 9.84 Å². The van der Waals surface area contributed by atoms with Gasteiger partial charge in [0.1, 0.15) is 18.2 Å². The smallest absolute Gasteiger partial charge is 0.323 e. The zero-order chi connectivity index (χ0) is 11.3. The van der Waals surface area contributed by atoms with Crippen LogP contribution in [0.1, 0.15) is 5.82 Å². The highest BCUT2D eigenvalue weighted by Gasteiger charge is 2.16. The maximum Gasteiger partial charge on any atom is 0.323 e. The number of hydrogen-bond acceptors (Lipinski definition) is 5.